The van der Waals surface area contributed by atoms with Crippen LogP contribution >= 0.6 is 15.9 Å². The molecule has 27 heavy (non-hydrogen) atoms. The summed E-state index contributed by atoms with van der Waals surface area (Å²) in [6.07, 6.45) is 3.23. The van der Waals surface area contributed by atoms with E-state index in [0.29, 0.717) is 6.04 Å². The van der Waals surface area contributed by atoms with Crippen molar-refractivity contribution in [2.45, 2.75) is 25.3 Å². The number of likely N-dealkylation sites (N-methyl/N-ethyl adjacent to an activating group) is 1. The maximum atomic E-state index is 5.53. The summed E-state index contributed by atoms with van der Waals surface area (Å²) in [6, 6.07) is 18.4. The number of rotatable bonds is 8. The predicted molar refractivity (Wildman–Crippen MR) is 118 cm³/mol. The van der Waals surface area contributed by atoms with Crippen LogP contribution in [-0.4, -0.2) is 56.7 Å². The molecule has 4 heteroatoms. The Balaban J connectivity index is 1.88. The van der Waals surface area contributed by atoms with Gasteiger partial charge in [-0.05, 0) is 62.2 Å². The monoisotopic (exact) mass is 430 g/mol. The van der Waals surface area contributed by atoms with Gasteiger partial charge in [0.2, 0.25) is 0 Å². The first-order chi connectivity index (χ1) is 13.2. The number of halogens is 1. The number of anilines is 1. The van der Waals surface area contributed by atoms with Gasteiger partial charge in [-0.1, -0.05) is 52.3 Å². The van der Waals surface area contributed by atoms with Crippen molar-refractivity contribution in [1.29, 1.82) is 0 Å². The van der Waals surface area contributed by atoms with Gasteiger partial charge in [0.15, 0.2) is 0 Å². The van der Waals surface area contributed by atoms with Crippen molar-refractivity contribution >= 4 is 21.6 Å². The summed E-state index contributed by atoms with van der Waals surface area (Å²) in [5.41, 5.74) is 5.62. The first-order valence-electron chi connectivity index (χ1n) is 9.88. The SMILES string of the molecule is CN(C)C(CCBr)Cc1ccc(N2CCOCC2)cc1Cc1ccccc1. The molecule has 0 aliphatic carbocycles. The van der Waals surface area contributed by atoms with Gasteiger partial charge in [0.1, 0.15) is 0 Å². The van der Waals surface area contributed by atoms with Crippen molar-refractivity contribution in [3.8, 4) is 0 Å². The molecule has 0 aromatic heterocycles. The van der Waals surface area contributed by atoms with E-state index in [1.54, 1.807) is 0 Å². The Morgan fingerprint density at radius 1 is 1.04 bits per heavy atom. The minimum absolute atomic E-state index is 0.549. The third-order valence-electron chi connectivity index (χ3n) is 5.43. The zero-order valence-electron chi connectivity index (χ0n) is 16.5. The molecule has 0 amide bonds. The standard InChI is InChI=1S/C23H31BrN2O/c1-25(2)22(10-11-24)17-20-8-9-23(26-12-14-27-15-13-26)18-21(20)16-19-6-4-3-5-7-19/h3-9,18,22H,10-17H2,1-2H3. The molecule has 0 spiro atoms. The molecule has 0 N–H and O–H groups in total. The lowest BCUT2D eigenvalue weighted by molar-refractivity contribution is 0.122. The van der Waals surface area contributed by atoms with E-state index in [4.69, 9.17) is 4.74 Å². The van der Waals surface area contributed by atoms with Gasteiger partial charge in [0, 0.05) is 30.1 Å². The van der Waals surface area contributed by atoms with Crippen LogP contribution in [0.1, 0.15) is 23.1 Å². The highest BCUT2D eigenvalue weighted by molar-refractivity contribution is 9.09. The number of ether oxygens (including phenoxy) is 1. The molecule has 1 aliphatic heterocycles. The maximum Gasteiger partial charge on any atom is 0.0642 e. The van der Waals surface area contributed by atoms with E-state index >= 15 is 0 Å². The molecular formula is C23H31BrN2O. The summed E-state index contributed by atoms with van der Waals surface area (Å²) in [6.45, 7) is 3.61. The van der Waals surface area contributed by atoms with Crippen LogP contribution in [0.15, 0.2) is 48.5 Å². The highest BCUT2D eigenvalue weighted by Crippen LogP contribution is 2.25. The molecule has 0 bridgehead atoms. The molecule has 146 valence electrons. The third-order valence-corrected chi connectivity index (χ3v) is 5.89. The number of hydrogen-bond acceptors (Lipinski definition) is 3. The summed E-state index contributed by atoms with van der Waals surface area (Å²) in [7, 11) is 4.37. The minimum atomic E-state index is 0.549. The molecule has 3 nitrogen and oxygen atoms in total. The van der Waals surface area contributed by atoms with Crippen molar-refractivity contribution < 1.29 is 4.74 Å². The molecule has 2 aromatic carbocycles. The van der Waals surface area contributed by atoms with Crippen molar-refractivity contribution in [3.05, 3.63) is 65.2 Å². The van der Waals surface area contributed by atoms with Gasteiger partial charge >= 0.3 is 0 Å². The molecule has 0 saturated carbocycles. The Hall–Kier alpha value is -1.36. The number of benzene rings is 2. The van der Waals surface area contributed by atoms with E-state index in [0.717, 1.165) is 50.9 Å². The number of alkyl halides is 1. The number of morpholine rings is 1. The Labute approximate surface area is 172 Å². The van der Waals surface area contributed by atoms with Crippen LogP contribution in [0.25, 0.3) is 0 Å². The van der Waals surface area contributed by atoms with E-state index < -0.39 is 0 Å². The van der Waals surface area contributed by atoms with Crippen LogP contribution in [0.2, 0.25) is 0 Å². The fraction of sp³-hybridized carbons (Fsp3) is 0.478. The van der Waals surface area contributed by atoms with Crippen molar-refractivity contribution in [3.63, 3.8) is 0 Å². The second kappa shape index (κ2) is 10.3. The van der Waals surface area contributed by atoms with Gasteiger partial charge < -0.3 is 14.5 Å². The van der Waals surface area contributed by atoms with Crippen LogP contribution in [0, 0.1) is 0 Å². The Morgan fingerprint density at radius 2 is 1.78 bits per heavy atom. The lowest BCUT2D eigenvalue weighted by Crippen LogP contribution is -2.36. The highest BCUT2D eigenvalue weighted by atomic mass is 79.9. The van der Waals surface area contributed by atoms with Gasteiger partial charge in [0.05, 0.1) is 13.2 Å². The fourth-order valence-electron chi connectivity index (χ4n) is 3.73. The molecule has 1 heterocycles. The molecular weight excluding hydrogens is 400 g/mol. The summed E-state index contributed by atoms with van der Waals surface area (Å²) < 4.78 is 5.53. The van der Waals surface area contributed by atoms with E-state index in [2.05, 4.69) is 88.4 Å². The second-order valence-electron chi connectivity index (χ2n) is 7.51. The molecule has 1 unspecified atom stereocenters. The molecule has 1 atom stereocenters. The van der Waals surface area contributed by atoms with Gasteiger partial charge in [-0.3, -0.25) is 0 Å². The predicted octanol–water partition coefficient (Wildman–Crippen LogP) is 4.37. The molecule has 1 fully saturated rings. The van der Waals surface area contributed by atoms with Crippen LogP contribution in [0.4, 0.5) is 5.69 Å². The maximum absolute atomic E-state index is 5.53. The highest BCUT2D eigenvalue weighted by Gasteiger charge is 2.17. The summed E-state index contributed by atoms with van der Waals surface area (Å²) in [5, 5.41) is 1.04. The molecule has 3 rings (SSSR count). The first kappa shape index (κ1) is 20.4. The molecule has 2 aromatic rings. The normalized spacial score (nSPS) is 15.9. The molecule has 1 aliphatic rings. The lowest BCUT2D eigenvalue weighted by Gasteiger charge is -2.30. The lowest BCUT2D eigenvalue weighted by atomic mass is 9.93. The largest absolute Gasteiger partial charge is 0.378 e. The van der Waals surface area contributed by atoms with E-state index in [1.165, 1.54) is 22.4 Å². The summed E-state index contributed by atoms with van der Waals surface area (Å²) in [4.78, 5) is 4.80. The van der Waals surface area contributed by atoms with Crippen molar-refractivity contribution in [1.82, 2.24) is 4.90 Å². The van der Waals surface area contributed by atoms with Gasteiger partial charge in [-0.15, -0.1) is 0 Å². The Morgan fingerprint density at radius 3 is 2.44 bits per heavy atom. The minimum Gasteiger partial charge on any atom is -0.378 e. The second-order valence-corrected chi connectivity index (χ2v) is 8.31. The zero-order chi connectivity index (χ0) is 19.1. The van der Waals surface area contributed by atoms with E-state index in [9.17, 15) is 0 Å². The van der Waals surface area contributed by atoms with Crippen LogP contribution in [0.3, 0.4) is 0 Å². The quantitative estimate of drug-likeness (QED) is 0.578. The average molecular weight is 431 g/mol. The number of nitrogens with zero attached hydrogens (tertiary/aromatic N) is 2. The van der Waals surface area contributed by atoms with E-state index in [1.807, 2.05) is 0 Å². The Bertz CT molecular complexity index is 699. The topological polar surface area (TPSA) is 15.7 Å². The van der Waals surface area contributed by atoms with Crippen molar-refractivity contribution in [2.75, 3.05) is 50.6 Å². The Kier molecular flexibility index (Phi) is 7.74. The van der Waals surface area contributed by atoms with Crippen LogP contribution in [0.5, 0.6) is 0 Å². The third kappa shape index (κ3) is 5.81. The van der Waals surface area contributed by atoms with E-state index in [-0.39, 0.29) is 0 Å². The smallest absolute Gasteiger partial charge is 0.0642 e. The van der Waals surface area contributed by atoms with Crippen LogP contribution < -0.4 is 4.90 Å². The van der Waals surface area contributed by atoms with Gasteiger partial charge in [-0.25, -0.2) is 0 Å². The fourth-order valence-corrected chi connectivity index (χ4v) is 4.26. The summed E-state index contributed by atoms with van der Waals surface area (Å²) in [5.74, 6) is 0. The van der Waals surface area contributed by atoms with Crippen LogP contribution in [-0.2, 0) is 17.6 Å². The van der Waals surface area contributed by atoms with Gasteiger partial charge in [0.25, 0.3) is 0 Å². The van der Waals surface area contributed by atoms with Gasteiger partial charge in [-0.2, -0.15) is 0 Å². The zero-order valence-corrected chi connectivity index (χ0v) is 18.1. The molecule has 1 saturated heterocycles. The average Bonchev–Trinajstić information content (AvgIpc) is 2.70. The number of hydrogen-bond donors (Lipinski definition) is 0. The first-order valence-corrected chi connectivity index (χ1v) is 11.0. The molecule has 0 radical (unpaired) electrons. The summed E-state index contributed by atoms with van der Waals surface area (Å²) >= 11 is 3.62. The van der Waals surface area contributed by atoms with Crippen molar-refractivity contribution in [2.24, 2.45) is 0 Å².